The number of hydrogen-bond donors (Lipinski definition) is 1. The highest BCUT2D eigenvalue weighted by atomic mass is 16.5. The largest absolute Gasteiger partial charge is 0.481 e. The second kappa shape index (κ2) is 6.64. The Bertz CT molecular complexity index is 493. The highest BCUT2D eigenvalue weighted by Gasteiger charge is 2.18. The summed E-state index contributed by atoms with van der Waals surface area (Å²) in [6, 6.07) is 12.9. The van der Waals surface area contributed by atoms with Crippen molar-refractivity contribution in [1.29, 1.82) is 0 Å². The summed E-state index contributed by atoms with van der Waals surface area (Å²) in [5.74, 6) is 1.29. The van der Waals surface area contributed by atoms with E-state index in [0.29, 0.717) is 18.7 Å². The van der Waals surface area contributed by atoms with Crippen LogP contribution in [0, 0.1) is 0 Å². The van der Waals surface area contributed by atoms with Gasteiger partial charge in [-0.2, -0.15) is 0 Å². The Balaban J connectivity index is 1.88. The van der Waals surface area contributed by atoms with Gasteiger partial charge >= 0.3 is 0 Å². The van der Waals surface area contributed by atoms with Gasteiger partial charge in [0.2, 0.25) is 0 Å². The molecular weight excluding hydrogens is 242 g/mol. The molecule has 1 aromatic carbocycles. The number of furan rings is 1. The molecule has 0 radical (unpaired) electrons. The summed E-state index contributed by atoms with van der Waals surface area (Å²) < 4.78 is 10.8. The van der Waals surface area contributed by atoms with Gasteiger partial charge in [-0.1, -0.05) is 25.1 Å². The van der Waals surface area contributed by atoms with Crippen molar-refractivity contribution in [3.05, 3.63) is 54.5 Å². The van der Waals surface area contributed by atoms with Crippen LogP contribution in [0.3, 0.4) is 0 Å². The summed E-state index contributed by atoms with van der Waals surface area (Å²) in [6.07, 6.45) is 1.70. The maximum atomic E-state index is 12.0. The number of hydrogen-bond acceptors (Lipinski definition) is 3. The van der Waals surface area contributed by atoms with Crippen LogP contribution in [0.15, 0.2) is 53.1 Å². The highest BCUT2D eigenvalue weighted by Crippen LogP contribution is 2.12. The molecule has 0 bridgehead atoms. The van der Waals surface area contributed by atoms with Crippen molar-refractivity contribution in [3.8, 4) is 5.75 Å². The third kappa shape index (κ3) is 3.88. The van der Waals surface area contributed by atoms with Gasteiger partial charge in [-0.3, -0.25) is 4.79 Å². The van der Waals surface area contributed by atoms with E-state index in [0.717, 1.165) is 5.76 Å². The molecule has 2 rings (SSSR count). The number of ether oxygens (including phenoxy) is 1. The van der Waals surface area contributed by atoms with E-state index in [1.807, 2.05) is 43.3 Å². The molecule has 0 saturated heterocycles. The molecule has 2 aromatic rings. The van der Waals surface area contributed by atoms with E-state index in [2.05, 4.69) is 5.32 Å². The van der Waals surface area contributed by atoms with Gasteiger partial charge in [-0.05, 0) is 30.7 Å². The zero-order chi connectivity index (χ0) is 13.5. The Kier molecular flexibility index (Phi) is 4.61. The van der Waals surface area contributed by atoms with Crippen molar-refractivity contribution in [3.63, 3.8) is 0 Å². The Morgan fingerprint density at radius 1 is 1.26 bits per heavy atom. The Morgan fingerprint density at radius 3 is 2.68 bits per heavy atom. The Hall–Kier alpha value is -2.23. The first-order valence-corrected chi connectivity index (χ1v) is 6.31. The highest BCUT2D eigenvalue weighted by molar-refractivity contribution is 5.80. The van der Waals surface area contributed by atoms with Crippen LogP contribution in [-0.2, 0) is 11.3 Å². The fourth-order valence-electron chi connectivity index (χ4n) is 1.69. The molecule has 4 nitrogen and oxygen atoms in total. The quantitative estimate of drug-likeness (QED) is 0.867. The van der Waals surface area contributed by atoms with E-state index >= 15 is 0 Å². The molecule has 0 spiro atoms. The molecule has 19 heavy (non-hydrogen) atoms. The van der Waals surface area contributed by atoms with Gasteiger partial charge < -0.3 is 14.5 Å². The lowest BCUT2D eigenvalue weighted by molar-refractivity contribution is -0.128. The molecule has 0 fully saturated rings. The molecule has 0 aliphatic heterocycles. The lowest BCUT2D eigenvalue weighted by Gasteiger charge is -2.16. The average Bonchev–Trinajstić information content (AvgIpc) is 2.96. The van der Waals surface area contributed by atoms with Crippen LogP contribution in [-0.4, -0.2) is 12.0 Å². The third-order valence-electron chi connectivity index (χ3n) is 2.70. The van der Waals surface area contributed by atoms with Crippen molar-refractivity contribution in [2.75, 3.05) is 0 Å². The molecule has 1 unspecified atom stereocenters. The van der Waals surface area contributed by atoms with Crippen LogP contribution in [0.1, 0.15) is 19.1 Å². The van der Waals surface area contributed by atoms with Crippen LogP contribution in [0.5, 0.6) is 5.75 Å². The van der Waals surface area contributed by atoms with Gasteiger partial charge in [0.05, 0.1) is 12.8 Å². The average molecular weight is 259 g/mol. The summed E-state index contributed by atoms with van der Waals surface area (Å²) in [7, 11) is 0. The first-order chi connectivity index (χ1) is 9.29. The molecule has 1 atom stereocenters. The minimum absolute atomic E-state index is 0.136. The number of rotatable bonds is 6. The number of benzene rings is 1. The number of carbonyl (C=O) groups excluding carboxylic acids is 1. The van der Waals surface area contributed by atoms with Crippen LogP contribution < -0.4 is 10.1 Å². The van der Waals surface area contributed by atoms with Crippen LogP contribution in [0.2, 0.25) is 0 Å². The molecule has 0 aliphatic rings. The molecule has 1 heterocycles. The van der Waals surface area contributed by atoms with Gasteiger partial charge in [0.25, 0.3) is 5.91 Å². The van der Waals surface area contributed by atoms with Crippen molar-refractivity contribution >= 4 is 5.91 Å². The number of carbonyl (C=O) groups is 1. The van der Waals surface area contributed by atoms with Crippen molar-refractivity contribution in [2.24, 2.45) is 0 Å². The smallest absolute Gasteiger partial charge is 0.261 e. The van der Waals surface area contributed by atoms with Gasteiger partial charge in [0.1, 0.15) is 11.5 Å². The molecule has 0 aliphatic carbocycles. The van der Waals surface area contributed by atoms with E-state index < -0.39 is 6.10 Å². The topological polar surface area (TPSA) is 51.5 Å². The van der Waals surface area contributed by atoms with Crippen LogP contribution >= 0.6 is 0 Å². The molecule has 100 valence electrons. The molecule has 1 N–H and O–H groups in total. The normalized spacial score (nSPS) is 11.8. The molecule has 0 saturated carbocycles. The summed E-state index contributed by atoms with van der Waals surface area (Å²) in [5.41, 5.74) is 0. The van der Waals surface area contributed by atoms with Crippen molar-refractivity contribution < 1.29 is 13.9 Å². The summed E-state index contributed by atoms with van der Waals surface area (Å²) >= 11 is 0. The maximum absolute atomic E-state index is 12.0. The Morgan fingerprint density at radius 2 is 2.05 bits per heavy atom. The fourth-order valence-corrected chi connectivity index (χ4v) is 1.69. The first kappa shape index (κ1) is 13.2. The van der Waals surface area contributed by atoms with Crippen molar-refractivity contribution in [2.45, 2.75) is 26.0 Å². The SMILES string of the molecule is CCC(Oc1ccccc1)C(=O)NCc1ccco1. The summed E-state index contributed by atoms with van der Waals surface area (Å²) in [5, 5.41) is 2.80. The first-order valence-electron chi connectivity index (χ1n) is 6.31. The molecule has 4 heteroatoms. The predicted molar refractivity (Wildman–Crippen MR) is 71.7 cm³/mol. The fraction of sp³-hybridized carbons (Fsp3) is 0.267. The maximum Gasteiger partial charge on any atom is 0.261 e. The standard InChI is InChI=1S/C15H17NO3/c1-2-14(19-12-7-4-3-5-8-12)15(17)16-11-13-9-6-10-18-13/h3-10,14H,2,11H2,1H3,(H,16,17). The number of nitrogens with one attached hydrogen (secondary N) is 1. The van der Waals surface area contributed by atoms with E-state index in [1.165, 1.54) is 0 Å². The summed E-state index contributed by atoms with van der Waals surface area (Å²) in [4.78, 5) is 12.0. The Labute approximate surface area is 112 Å². The zero-order valence-electron chi connectivity index (χ0n) is 10.8. The van der Waals surface area contributed by atoms with Gasteiger partial charge in [0.15, 0.2) is 6.10 Å². The zero-order valence-corrected chi connectivity index (χ0v) is 10.8. The van der Waals surface area contributed by atoms with E-state index in [4.69, 9.17) is 9.15 Å². The number of amides is 1. The second-order valence-corrected chi connectivity index (χ2v) is 4.12. The van der Waals surface area contributed by atoms with Gasteiger partial charge in [-0.15, -0.1) is 0 Å². The van der Waals surface area contributed by atoms with Crippen LogP contribution in [0.4, 0.5) is 0 Å². The number of para-hydroxylation sites is 1. The minimum atomic E-state index is -0.489. The van der Waals surface area contributed by atoms with E-state index in [9.17, 15) is 4.79 Å². The minimum Gasteiger partial charge on any atom is -0.481 e. The molecular formula is C15H17NO3. The van der Waals surface area contributed by atoms with E-state index in [1.54, 1.807) is 12.3 Å². The third-order valence-corrected chi connectivity index (χ3v) is 2.70. The molecule has 1 amide bonds. The summed E-state index contributed by atoms with van der Waals surface area (Å²) in [6.45, 7) is 2.29. The second-order valence-electron chi connectivity index (χ2n) is 4.12. The van der Waals surface area contributed by atoms with E-state index in [-0.39, 0.29) is 5.91 Å². The van der Waals surface area contributed by atoms with Gasteiger partial charge in [0, 0.05) is 0 Å². The van der Waals surface area contributed by atoms with Crippen LogP contribution in [0.25, 0.3) is 0 Å². The molecule has 1 aromatic heterocycles. The van der Waals surface area contributed by atoms with Crippen molar-refractivity contribution in [1.82, 2.24) is 5.32 Å². The lowest BCUT2D eigenvalue weighted by Crippen LogP contribution is -2.37. The monoisotopic (exact) mass is 259 g/mol. The predicted octanol–water partition coefficient (Wildman–Crippen LogP) is 2.75. The lowest BCUT2D eigenvalue weighted by atomic mass is 10.2. The van der Waals surface area contributed by atoms with Gasteiger partial charge in [-0.25, -0.2) is 0 Å².